The second kappa shape index (κ2) is 8.90. The third-order valence-corrected chi connectivity index (χ3v) is 4.15. The summed E-state index contributed by atoms with van der Waals surface area (Å²) in [6.07, 6.45) is 0. The van der Waals surface area contributed by atoms with E-state index in [1.807, 2.05) is 13.8 Å². The van der Waals surface area contributed by atoms with Crippen LogP contribution in [0.1, 0.15) is 24.2 Å². The highest BCUT2D eigenvalue weighted by Gasteiger charge is 2.30. The van der Waals surface area contributed by atoms with Gasteiger partial charge in [0.05, 0.1) is 12.1 Å². The zero-order chi connectivity index (χ0) is 21.0. The number of ether oxygens (including phenoxy) is 1. The van der Waals surface area contributed by atoms with Crippen LogP contribution in [0, 0.1) is 0 Å². The number of carbonyl (C=O) groups excluding carboxylic acids is 1. The van der Waals surface area contributed by atoms with E-state index in [0.29, 0.717) is 24.7 Å². The summed E-state index contributed by atoms with van der Waals surface area (Å²) in [5.74, 6) is -0.263. The number of para-hydroxylation sites is 1. The lowest BCUT2D eigenvalue weighted by Crippen LogP contribution is -2.50. The van der Waals surface area contributed by atoms with E-state index >= 15 is 0 Å². The Kier molecular flexibility index (Phi) is 6.32. The van der Waals surface area contributed by atoms with Gasteiger partial charge in [-0.05, 0) is 26.0 Å². The van der Waals surface area contributed by atoms with Gasteiger partial charge in [0, 0.05) is 13.1 Å². The molecule has 3 rings (SSSR count). The summed E-state index contributed by atoms with van der Waals surface area (Å²) in [6, 6.07) is 5.72. The lowest BCUT2D eigenvalue weighted by Gasteiger charge is -2.31. The first-order valence-electron chi connectivity index (χ1n) is 8.85. The normalized spacial score (nSPS) is 13.9. The molecular formula is C17H19F2N7O2S. The summed E-state index contributed by atoms with van der Waals surface area (Å²) in [6.45, 7) is 1.91. The first kappa shape index (κ1) is 20.6. The van der Waals surface area contributed by atoms with Crippen LogP contribution in [0.25, 0.3) is 0 Å². The molecule has 0 saturated carbocycles. The number of fused-ring (bicyclic) bond motifs is 1. The zero-order valence-corrected chi connectivity index (χ0v) is 16.5. The number of hydrazine groups is 1. The molecule has 29 heavy (non-hydrogen) atoms. The number of nitrogens with one attached hydrogen (secondary N) is 2. The van der Waals surface area contributed by atoms with E-state index in [9.17, 15) is 13.6 Å². The van der Waals surface area contributed by atoms with E-state index in [1.54, 1.807) is 10.6 Å². The monoisotopic (exact) mass is 423 g/mol. The molecular weight excluding hydrogens is 404 g/mol. The number of carbonyl (C=O) groups is 1. The van der Waals surface area contributed by atoms with Crippen molar-refractivity contribution in [1.82, 2.24) is 19.5 Å². The molecule has 2 aromatic rings. The fourth-order valence-electron chi connectivity index (χ4n) is 2.66. The van der Waals surface area contributed by atoms with Crippen molar-refractivity contribution in [3.05, 3.63) is 35.4 Å². The Morgan fingerprint density at radius 1 is 1.38 bits per heavy atom. The van der Waals surface area contributed by atoms with Crippen LogP contribution in [-0.4, -0.2) is 50.1 Å². The predicted molar refractivity (Wildman–Crippen MR) is 106 cm³/mol. The topological polar surface area (TPSA) is 96.7 Å². The number of benzene rings is 1. The Morgan fingerprint density at radius 2 is 2.14 bits per heavy atom. The number of nitrogens with zero attached hydrogens (tertiary/aromatic N) is 5. The molecule has 1 aliphatic heterocycles. The van der Waals surface area contributed by atoms with E-state index in [1.165, 1.54) is 18.2 Å². The van der Waals surface area contributed by atoms with Crippen LogP contribution >= 0.6 is 12.2 Å². The van der Waals surface area contributed by atoms with Gasteiger partial charge in [-0.25, -0.2) is 5.01 Å². The molecule has 12 heteroatoms. The molecule has 2 heterocycles. The molecule has 0 unspecified atom stereocenters. The van der Waals surface area contributed by atoms with Crippen molar-refractivity contribution >= 4 is 35.0 Å². The van der Waals surface area contributed by atoms with Crippen LogP contribution in [0.5, 0.6) is 5.75 Å². The third kappa shape index (κ3) is 4.47. The molecule has 1 aliphatic rings. The Bertz CT molecular complexity index is 996. The number of hydrogen-bond donors (Lipinski definition) is 2. The van der Waals surface area contributed by atoms with Gasteiger partial charge in [-0.2, -0.15) is 18.7 Å². The highest BCUT2D eigenvalue weighted by atomic mass is 32.1. The number of thiocarbonyl (C=S) groups is 1. The van der Waals surface area contributed by atoms with Crippen LogP contribution in [0.15, 0.2) is 29.3 Å². The number of alkyl halides is 2. The molecule has 154 valence electrons. The molecule has 0 saturated heterocycles. The molecule has 0 atom stereocenters. The van der Waals surface area contributed by atoms with Crippen LogP contribution in [0.2, 0.25) is 0 Å². The van der Waals surface area contributed by atoms with E-state index in [-0.39, 0.29) is 28.8 Å². The highest BCUT2D eigenvalue weighted by molar-refractivity contribution is 7.80. The van der Waals surface area contributed by atoms with E-state index < -0.39 is 12.5 Å². The zero-order valence-electron chi connectivity index (χ0n) is 15.7. The SMILES string of the molecule is CCN=c1nc(NCC)nc2n1CC(=S)N(C(=O)c1ccccc1OC(F)F)N2. The van der Waals surface area contributed by atoms with Crippen molar-refractivity contribution < 1.29 is 18.3 Å². The Morgan fingerprint density at radius 3 is 2.83 bits per heavy atom. The molecule has 0 bridgehead atoms. The van der Waals surface area contributed by atoms with Crippen LogP contribution in [0.3, 0.4) is 0 Å². The minimum Gasteiger partial charge on any atom is -0.434 e. The summed E-state index contributed by atoms with van der Waals surface area (Å²) in [4.78, 5) is 26.2. The average Bonchev–Trinajstić information content (AvgIpc) is 2.68. The maximum Gasteiger partial charge on any atom is 0.387 e. The van der Waals surface area contributed by atoms with E-state index in [4.69, 9.17) is 12.2 Å². The summed E-state index contributed by atoms with van der Waals surface area (Å²) >= 11 is 5.36. The third-order valence-electron chi connectivity index (χ3n) is 3.84. The molecule has 1 aromatic carbocycles. The minimum absolute atomic E-state index is 0.0597. The van der Waals surface area contributed by atoms with Gasteiger partial charge in [0.15, 0.2) is 0 Å². The van der Waals surface area contributed by atoms with Gasteiger partial charge in [-0.1, -0.05) is 24.4 Å². The van der Waals surface area contributed by atoms with E-state index in [2.05, 4.69) is 30.4 Å². The maximum atomic E-state index is 13.0. The molecule has 1 amide bonds. The van der Waals surface area contributed by atoms with Gasteiger partial charge in [-0.3, -0.25) is 19.8 Å². The average molecular weight is 423 g/mol. The molecule has 0 radical (unpaired) electrons. The largest absolute Gasteiger partial charge is 0.434 e. The van der Waals surface area contributed by atoms with Gasteiger partial charge in [0.2, 0.25) is 17.5 Å². The lowest BCUT2D eigenvalue weighted by atomic mass is 10.2. The summed E-state index contributed by atoms with van der Waals surface area (Å²) in [5, 5.41) is 4.08. The van der Waals surface area contributed by atoms with Gasteiger partial charge >= 0.3 is 6.61 Å². The van der Waals surface area contributed by atoms with Crippen molar-refractivity contribution in [2.45, 2.75) is 27.0 Å². The van der Waals surface area contributed by atoms with E-state index in [0.717, 1.165) is 5.01 Å². The molecule has 9 nitrogen and oxygen atoms in total. The fourth-order valence-corrected chi connectivity index (χ4v) is 2.92. The van der Waals surface area contributed by atoms with Crippen LogP contribution < -0.4 is 21.1 Å². The number of rotatable bonds is 6. The molecule has 1 aromatic heterocycles. The van der Waals surface area contributed by atoms with Gasteiger partial charge < -0.3 is 10.1 Å². The highest BCUT2D eigenvalue weighted by Crippen LogP contribution is 2.24. The molecule has 0 aliphatic carbocycles. The predicted octanol–water partition coefficient (Wildman–Crippen LogP) is 2.04. The summed E-state index contributed by atoms with van der Waals surface area (Å²) in [5.41, 5.74) is 3.17. The van der Waals surface area contributed by atoms with Crippen molar-refractivity contribution in [3.8, 4) is 5.75 Å². The first-order valence-corrected chi connectivity index (χ1v) is 9.26. The molecule has 0 spiro atoms. The van der Waals surface area contributed by atoms with Crippen molar-refractivity contribution in [2.24, 2.45) is 4.99 Å². The number of hydrogen-bond acceptors (Lipinski definition) is 8. The van der Waals surface area contributed by atoms with Crippen molar-refractivity contribution in [1.29, 1.82) is 0 Å². The Labute approximate surface area is 170 Å². The Hall–Kier alpha value is -3.15. The molecule has 0 fully saturated rings. The number of amides is 1. The van der Waals surface area contributed by atoms with Crippen LogP contribution in [0.4, 0.5) is 20.7 Å². The van der Waals surface area contributed by atoms with Gasteiger partial charge in [0.1, 0.15) is 10.7 Å². The van der Waals surface area contributed by atoms with Crippen LogP contribution in [-0.2, 0) is 6.54 Å². The van der Waals surface area contributed by atoms with Gasteiger partial charge in [-0.15, -0.1) is 0 Å². The van der Waals surface area contributed by atoms with Gasteiger partial charge in [0.25, 0.3) is 5.91 Å². The summed E-state index contributed by atoms with van der Waals surface area (Å²) in [7, 11) is 0. The Balaban J connectivity index is 1.99. The first-order chi connectivity index (χ1) is 13.9. The number of halogens is 2. The lowest BCUT2D eigenvalue weighted by molar-refractivity contribution is -0.0502. The second-order valence-electron chi connectivity index (χ2n) is 5.78. The maximum absolute atomic E-state index is 13.0. The quantitative estimate of drug-likeness (QED) is 0.687. The number of anilines is 2. The number of aromatic nitrogens is 3. The standard InChI is InChI=1S/C17H19F2N7O2S/c1-3-20-15-22-16(21-4-2)25-9-12(29)26(24-17(25)23-15)13(27)10-7-5-6-8-11(10)28-14(18)19/h5-8,14H,3-4,9H2,1-2H3,(H2,20,21,22,23,24). The smallest absolute Gasteiger partial charge is 0.387 e. The fraction of sp³-hybridized carbons (Fsp3) is 0.353. The molecule has 2 N–H and O–H groups in total. The second-order valence-corrected chi connectivity index (χ2v) is 6.25. The minimum atomic E-state index is -3.06. The van der Waals surface area contributed by atoms with Crippen molar-refractivity contribution in [3.63, 3.8) is 0 Å². The summed E-state index contributed by atoms with van der Waals surface area (Å²) < 4.78 is 31.5. The van der Waals surface area contributed by atoms with Crippen molar-refractivity contribution in [2.75, 3.05) is 23.8 Å².